The van der Waals surface area contributed by atoms with Gasteiger partial charge in [-0.1, -0.05) is 18.2 Å². The Hall–Kier alpha value is -3.87. The fourth-order valence-electron chi connectivity index (χ4n) is 3.44. The summed E-state index contributed by atoms with van der Waals surface area (Å²) in [5, 5.41) is 8.48. The number of pyridine rings is 1. The third kappa shape index (κ3) is 4.21. The van der Waals surface area contributed by atoms with E-state index in [1.54, 1.807) is 43.0 Å². The number of ether oxygens (including phenoxy) is 2. The van der Waals surface area contributed by atoms with Crippen molar-refractivity contribution >= 4 is 22.6 Å². The van der Waals surface area contributed by atoms with Crippen molar-refractivity contribution in [3.8, 4) is 17.3 Å². The first-order valence-corrected chi connectivity index (χ1v) is 10.00. The smallest absolute Gasteiger partial charge is 0.265 e. The van der Waals surface area contributed by atoms with Gasteiger partial charge in [0, 0.05) is 17.1 Å². The highest BCUT2D eigenvalue weighted by molar-refractivity contribution is 5.94. The third-order valence-electron chi connectivity index (χ3n) is 5.01. The minimum absolute atomic E-state index is 0.266. The van der Waals surface area contributed by atoms with Gasteiger partial charge in [-0.25, -0.2) is 4.68 Å². The summed E-state index contributed by atoms with van der Waals surface area (Å²) in [7, 11) is 1.60. The van der Waals surface area contributed by atoms with Crippen molar-refractivity contribution in [3.63, 3.8) is 0 Å². The predicted molar refractivity (Wildman–Crippen MR) is 120 cm³/mol. The number of nitrogens with one attached hydrogen (secondary N) is 1. The van der Waals surface area contributed by atoms with Crippen LogP contribution in [-0.4, -0.2) is 33.9 Å². The van der Waals surface area contributed by atoms with Gasteiger partial charge in [-0.15, -0.1) is 0 Å². The Kier molecular flexibility index (Phi) is 5.58. The summed E-state index contributed by atoms with van der Waals surface area (Å²) in [6.07, 6.45) is -0.736. The number of hydrogen-bond acceptors (Lipinski definition) is 5. The molecule has 0 bridgehead atoms. The Bertz CT molecular complexity index is 1220. The topological polar surface area (TPSA) is 78.3 Å². The van der Waals surface area contributed by atoms with E-state index in [4.69, 9.17) is 9.47 Å². The van der Waals surface area contributed by atoms with Crippen molar-refractivity contribution < 1.29 is 14.3 Å². The molecule has 1 atom stereocenters. The summed E-state index contributed by atoms with van der Waals surface area (Å²) in [5.74, 6) is 0.831. The van der Waals surface area contributed by atoms with Gasteiger partial charge in [-0.05, 0) is 62.7 Å². The molecule has 0 aliphatic rings. The van der Waals surface area contributed by atoms with Crippen LogP contribution in [-0.2, 0) is 4.79 Å². The molecular formula is C24H24N4O3. The number of nitrogens with zero attached hydrogens (tertiary/aromatic N) is 3. The molecule has 2 aromatic carbocycles. The Morgan fingerprint density at radius 2 is 1.77 bits per heavy atom. The van der Waals surface area contributed by atoms with Gasteiger partial charge in [0.1, 0.15) is 5.75 Å². The number of carbonyl (C=O) groups excluding carboxylic acids is 1. The second kappa shape index (κ2) is 8.47. The molecule has 158 valence electrons. The minimum atomic E-state index is -0.736. The zero-order valence-electron chi connectivity index (χ0n) is 17.9. The van der Waals surface area contributed by atoms with E-state index in [0.717, 1.165) is 28.1 Å². The first-order chi connectivity index (χ1) is 15.0. The number of anilines is 1. The van der Waals surface area contributed by atoms with Crippen LogP contribution < -0.4 is 14.8 Å². The predicted octanol–water partition coefficient (Wildman–Crippen LogP) is 4.45. The third-order valence-corrected chi connectivity index (χ3v) is 5.01. The molecular weight excluding hydrogens is 392 g/mol. The summed E-state index contributed by atoms with van der Waals surface area (Å²) in [6.45, 7) is 5.64. The zero-order chi connectivity index (χ0) is 22.0. The molecule has 0 aliphatic carbocycles. The first-order valence-electron chi connectivity index (χ1n) is 10.00. The number of para-hydroxylation sites is 1. The van der Waals surface area contributed by atoms with Gasteiger partial charge in [0.2, 0.25) is 5.88 Å². The van der Waals surface area contributed by atoms with Crippen LogP contribution in [0.15, 0.2) is 60.7 Å². The number of rotatable bonds is 6. The molecule has 0 saturated heterocycles. The quantitative estimate of drug-likeness (QED) is 0.502. The van der Waals surface area contributed by atoms with Crippen LogP contribution in [0.5, 0.6) is 11.6 Å². The number of aryl methyl sites for hydroxylation is 2. The van der Waals surface area contributed by atoms with Crippen molar-refractivity contribution in [3.05, 3.63) is 71.9 Å². The largest absolute Gasteiger partial charge is 0.497 e. The molecule has 2 aromatic heterocycles. The van der Waals surface area contributed by atoms with Gasteiger partial charge in [0.15, 0.2) is 11.8 Å². The van der Waals surface area contributed by atoms with Crippen LogP contribution in [0.2, 0.25) is 0 Å². The fourth-order valence-corrected chi connectivity index (χ4v) is 3.44. The summed E-state index contributed by atoms with van der Waals surface area (Å²) in [5.41, 5.74) is 4.15. The highest BCUT2D eigenvalue weighted by Gasteiger charge is 2.19. The van der Waals surface area contributed by atoms with Crippen LogP contribution in [0.1, 0.15) is 18.2 Å². The lowest BCUT2D eigenvalue weighted by atomic mass is 10.1. The first kappa shape index (κ1) is 20.4. The van der Waals surface area contributed by atoms with Gasteiger partial charge in [-0.3, -0.25) is 4.79 Å². The number of aromatic nitrogens is 3. The van der Waals surface area contributed by atoms with Gasteiger partial charge >= 0.3 is 0 Å². The molecule has 1 amide bonds. The standard InChI is InChI=1S/C24H24N4O3/c1-15-14-21(31-17(3)24(29)25-18-10-12-20(30-4)13-11-18)26-23-22(15)16(2)27-28(23)19-8-6-5-7-9-19/h5-14,17H,1-4H3,(H,25,29)/t17-/m0/s1. The van der Waals surface area contributed by atoms with Gasteiger partial charge in [0.25, 0.3) is 5.91 Å². The SMILES string of the molecule is COc1ccc(NC(=O)[C@H](C)Oc2cc(C)c3c(C)nn(-c4ccccc4)c3n2)cc1. The Balaban J connectivity index is 1.58. The zero-order valence-corrected chi connectivity index (χ0v) is 17.9. The molecule has 0 aliphatic heterocycles. The highest BCUT2D eigenvalue weighted by atomic mass is 16.5. The van der Waals surface area contributed by atoms with Crippen LogP contribution >= 0.6 is 0 Å². The molecule has 1 N–H and O–H groups in total. The average Bonchev–Trinajstić information content (AvgIpc) is 3.11. The second-order valence-electron chi connectivity index (χ2n) is 7.29. The molecule has 0 unspecified atom stereocenters. The minimum Gasteiger partial charge on any atom is -0.497 e. The number of methoxy groups -OCH3 is 1. The monoisotopic (exact) mass is 416 g/mol. The van der Waals surface area contributed by atoms with E-state index in [0.29, 0.717) is 17.2 Å². The number of carbonyl (C=O) groups is 1. The second-order valence-corrected chi connectivity index (χ2v) is 7.29. The summed E-state index contributed by atoms with van der Waals surface area (Å²) < 4.78 is 12.8. The van der Waals surface area contributed by atoms with Crippen LogP contribution in [0.25, 0.3) is 16.7 Å². The molecule has 4 aromatic rings. The molecule has 4 rings (SSSR count). The molecule has 0 saturated carbocycles. The van der Waals surface area contributed by atoms with E-state index in [1.807, 2.05) is 50.2 Å². The highest BCUT2D eigenvalue weighted by Crippen LogP contribution is 2.27. The van der Waals surface area contributed by atoms with Crippen LogP contribution in [0, 0.1) is 13.8 Å². The maximum Gasteiger partial charge on any atom is 0.265 e. The summed E-state index contributed by atoms with van der Waals surface area (Å²) in [6, 6.07) is 18.8. The molecule has 31 heavy (non-hydrogen) atoms. The summed E-state index contributed by atoms with van der Waals surface area (Å²) in [4.78, 5) is 17.3. The van der Waals surface area contributed by atoms with E-state index in [-0.39, 0.29) is 5.91 Å². The van der Waals surface area contributed by atoms with E-state index in [2.05, 4.69) is 15.4 Å². The average molecular weight is 416 g/mol. The molecule has 7 nitrogen and oxygen atoms in total. The maximum absolute atomic E-state index is 12.6. The normalized spacial score (nSPS) is 11.9. The van der Waals surface area contributed by atoms with Crippen molar-refractivity contribution in [2.24, 2.45) is 0 Å². The van der Waals surface area contributed by atoms with E-state index >= 15 is 0 Å². The number of benzene rings is 2. The lowest BCUT2D eigenvalue weighted by Gasteiger charge is -2.15. The van der Waals surface area contributed by atoms with E-state index in [1.165, 1.54) is 0 Å². The molecule has 0 spiro atoms. The van der Waals surface area contributed by atoms with Gasteiger partial charge in [0.05, 0.1) is 18.5 Å². The number of hydrogen-bond donors (Lipinski definition) is 1. The molecule has 0 radical (unpaired) electrons. The Morgan fingerprint density at radius 1 is 1.06 bits per heavy atom. The molecule has 7 heteroatoms. The maximum atomic E-state index is 12.6. The number of fused-ring (bicyclic) bond motifs is 1. The van der Waals surface area contributed by atoms with Crippen LogP contribution in [0.4, 0.5) is 5.69 Å². The van der Waals surface area contributed by atoms with Crippen molar-refractivity contribution in [2.45, 2.75) is 26.9 Å². The van der Waals surface area contributed by atoms with E-state index < -0.39 is 6.10 Å². The summed E-state index contributed by atoms with van der Waals surface area (Å²) >= 11 is 0. The van der Waals surface area contributed by atoms with E-state index in [9.17, 15) is 4.79 Å². The lowest BCUT2D eigenvalue weighted by Crippen LogP contribution is -2.30. The molecule has 2 heterocycles. The van der Waals surface area contributed by atoms with Gasteiger partial charge < -0.3 is 14.8 Å². The molecule has 0 fully saturated rings. The van der Waals surface area contributed by atoms with Crippen molar-refractivity contribution in [1.82, 2.24) is 14.8 Å². The number of amides is 1. The van der Waals surface area contributed by atoms with Crippen molar-refractivity contribution in [2.75, 3.05) is 12.4 Å². The Morgan fingerprint density at radius 3 is 2.45 bits per heavy atom. The van der Waals surface area contributed by atoms with Crippen molar-refractivity contribution in [1.29, 1.82) is 0 Å². The fraction of sp³-hybridized carbons (Fsp3) is 0.208. The lowest BCUT2D eigenvalue weighted by molar-refractivity contribution is -0.122. The van der Waals surface area contributed by atoms with Gasteiger partial charge in [-0.2, -0.15) is 10.1 Å². The Labute approximate surface area is 180 Å². The van der Waals surface area contributed by atoms with Crippen LogP contribution in [0.3, 0.4) is 0 Å².